The molecule has 116 valence electrons. The van der Waals surface area contributed by atoms with Crippen LogP contribution >= 0.6 is 11.8 Å². The van der Waals surface area contributed by atoms with E-state index in [0.29, 0.717) is 23.2 Å². The van der Waals surface area contributed by atoms with Gasteiger partial charge in [-0.1, -0.05) is 25.1 Å². The summed E-state index contributed by atoms with van der Waals surface area (Å²) >= 11 is 1.26. The zero-order valence-corrected chi connectivity index (χ0v) is 13.6. The van der Waals surface area contributed by atoms with Gasteiger partial charge in [0.2, 0.25) is 5.82 Å². The summed E-state index contributed by atoms with van der Waals surface area (Å²) in [6, 6.07) is 9.59. The van der Waals surface area contributed by atoms with Crippen LogP contribution in [0.15, 0.2) is 35.4 Å². The number of hydrogen-bond acceptors (Lipinski definition) is 6. The van der Waals surface area contributed by atoms with Gasteiger partial charge in [0.05, 0.1) is 4.92 Å². The SMILES string of the molecule is CCCN(c1ccccc1)c1nc(C)nc(SC)c1[N+](=O)[O-]. The van der Waals surface area contributed by atoms with Gasteiger partial charge < -0.3 is 4.90 Å². The Labute approximate surface area is 133 Å². The molecule has 1 aromatic carbocycles. The van der Waals surface area contributed by atoms with Crippen LogP contribution in [0, 0.1) is 17.0 Å². The Morgan fingerprint density at radius 3 is 2.50 bits per heavy atom. The molecule has 0 saturated carbocycles. The highest BCUT2D eigenvalue weighted by atomic mass is 32.2. The van der Waals surface area contributed by atoms with E-state index in [1.54, 1.807) is 13.2 Å². The van der Waals surface area contributed by atoms with E-state index in [0.717, 1.165) is 12.1 Å². The van der Waals surface area contributed by atoms with Crippen molar-refractivity contribution in [2.24, 2.45) is 0 Å². The first-order valence-electron chi connectivity index (χ1n) is 6.98. The summed E-state index contributed by atoms with van der Waals surface area (Å²) in [4.78, 5) is 21.6. The third kappa shape index (κ3) is 3.36. The largest absolute Gasteiger partial charge is 0.343 e. The standard InChI is InChI=1S/C15H18N4O2S/c1-4-10-18(12-8-6-5-7-9-12)14-13(19(20)21)15(22-3)17-11(2)16-14/h5-9H,4,10H2,1-3H3. The summed E-state index contributed by atoms with van der Waals surface area (Å²) < 4.78 is 0. The Kier molecular flexibility index (Phi) is 5.32. The second-order valence-corrected chi connectivity index (χ2v) is 5.49. The average Bonchev–Trinajstić information content (AvgIpc) is 2.52. The van der Waals surface area contributed by atoms with E-state index in [-0.39, 0.29) is 5.69 Å². The van der Waals surface area contributed by atoms with E-state index in [9.17, 15) is 10.1 Å². The highest BCUT2D eigenvalue weighted by Gasteiger charge is 2.28. The molecule has 0 aliphatic carbocycles. The number of thioether (sulfide) groups is 1. The molecule has 0 saturated heterocycles. The molecule has 0 aliphatic rings. The Hall–Kier alpha value is -2.15. The average molecular weight is 318 g/mol. The van der Waals surface area contributed by atoms with Crippen LogP contribution in [0.5, 0.6) is 0 Å². The van der Waals surface area contributed by atoms with Gasteiger partial charge in [-0.2, -0.15) is 0 Å². The first kappa shape index (κ1) is 16.2. The molecule has 1 aromatic heterocycles. The van der Waals surface area contributed by atoms with Crippen LogP contribution in [0.4, 0.5) is 17.2 Å². The monoisotopic (exact) mass is 318 g/mol. The van der Waals surface area contributed by atoms with E-state index >= 15 is 0 Å². The zero-order chi connectivity index (χ0) is 16.1. The summed E-state index contributed by atoms with van der Waals surface area (Å²) in [5, 5.41) is 11.9. The molecule has 2 aromatic rings. The fourth-order valence-corrected chi connectivity index (χ4v) is 2.79. The number of nitro groups is 1. The van der Waals surface area contributed by atoms with Crippen LogP contribution in [-0.4, -0.2) is 27.7 Å². The van der Waals surface area contributed by atoms with E-state index in [1.165, 1.54) is 11.8 Å². The van der Waals surface area contributed by atoms with E-state index in [2.05, 4.69) is 9.97 Å². The molecular weight excluding hydrogens is 300 g/mol. The molecule has 0 atom stereocenters. The fraction of sp³-hybridized carbons (Fsp3) is 0.333. The Morgan fingerprint density at radius 2 is 1.95 bits per heavy atom. The lowest BCUT2D eigenvalue weighted by Gasteiger charge is -2.23. The highest BCUT2D eigenvalue weighted by molar-refractivity contribution is 7.98. The van der Waals surface area contributed by atoms with Gasteiger partial charge >= 0.3 is 5.69 Å². The van der Waals surface area contributed by atoms with Gasteiger partial charge in [-0.15, -0.1) is 11.8 Å². The van der Waals surface area contributed by atoms with Crippen LogP contribution < -0.4 is 4.90 Å². The summed E-state index contributed by atoms with van der Waals surface area (Å²) in [7, 11) is 0. The van der Waals surface area contributed by atoms with Gasteiger partial charge in [-0.25, -0.2) is 9.97 Å². The van der Waals surface area contributed by atoms with Crippen molar-refractivity contribution in [1.29, 1.82) is 0 Å². The third-order valence-corrected chi connectivity index (χ3v) is 3.76. The molecule has 1 heterocycles. The molecule has 0 unspecified atom stereocenters. The molecule has 0 radical (unpaired) electrons. The van der Waals surface area contributed by atoms with Gasteiger partial charge in [0, 0.05) is 12.2 Å². The minimum Gasteiger partial charge on any atom is -0.321 e. The highest BCUT2D eigenvalue weighted by Crippen LogP contribution is 2.37. The van der Waals surface area contributed by atoms with Crippen LogP contribution in [0.2, 0.25) is 0 Å². The van der Waals surface area contributed by atoms with E-state index in [1.807, 2.05) is 42.2 Å². The first-order chi connectivity index (χ1) is 10.6. The van der Waals surface area contributed by atoms with Crippen LogP contribution in [-0.2, 0) is 0 Å². The molecule has 0 bridgehead atoms. The zero-order valence-electron chi connectivity index (χ0n) is 12.8. The Balaban J connectivity index is 2.65. The molecule has 0 amide bonds. The molecule has 7 heteroatoms. The third-order valence-electron chi connectivity index (χ3n) is 3.09. The van der Waals surface area contributed by atoms with Crippen molar-refractivity contribution in [3.05, 3.63) is 46.3 Å². The van der Waals surface area contributed by atoms with Gasteiger partial charge in [-0.05, 0) is 31.7 Å². The van der Waals surface area contributed by atoms with Gasteiger partial charge in [-0.3, -0.25) is 10.1 Å². The molecule has 22 heavy (non-hydrogen) atoms. The predicted molar refractivity (Wildman–Crippen MR) is 88.9 cm³/mol. The maximum absolute atomic E-state index is 11.5. The molecule has 0 spiro atoms. The van der Waals surface area contributed by atoms with E-state index < -0.39 is 4.92 Å². The number of anilines is 2. The number of para-hydroxylation sites is 1. The first-order valence-corrected chi connectivity index (χ1v) is 8.20. The number of hydrogen-bond donors (Lipinski definition) is 0. The minimum atomic E-state index is -0.397. The number of aryl methyl sites for hydroxylation is 1. The van der Waals surface area contributed by atoms with Crippen LogP contribution in [0.1, 0.15) is 19.2 Å². The van der Waals surface area contributed by atoms with Crippen molar-refractivity contribution in [1.82, 2.24) is 9.97 Å². The molecule has 0 N–H and O–H groups in total. The second-order valence-electron chi connectivity index (χ2n) is 4.70. The summed E-state index contributed by atoms with van der Waals surface area (Å²) in [5.41, 5.74) is 0.855. The van der Waals surface area contributed by atoms with Crippen molar-refractivity contribution in [3.8, 4) is 0 Å². The molecule has 2 rings (SSSR count). The molecular formula is C15H18N4O2S. The molecule has 0 fully saturated rings. The number of benzene rings is 1. The van der Waals surface area contributed by atoms with Crippen LogP contribution in [0.25, 0.3) is 0 Å². The van der Waals surface area contributed by atoms with Crippen molar-refractivity contribution in [2.75, 3.05) is 17.7 Å². The summed E-state index contributed by atoms with van der Waals surface area (Å²) in [6.45, 7) is 4.43. The molecule has 0 aliphatic heterocycles. The Bertz CT molecular complexity index is 664. The maximum atomic E-state index is 11.5. The quantitative estimate of drug-likeness (QED) is 0.347. The number of aromatic nitrogens is 2. The van der Waals surface area contributed by atoms with Crippen molar-refractivity contribution >= 4 is 29.0 Å². The second kappa shape index (κ2) is 7.22. The lowest BCUT2D eigenvalue weighted by Crippen LogP contribution is -2.21. The fourth-order valence-electron chi connectivity index (χ4n) is 2.21. The predicted octanol–water partition coefficient (Wildman–Crippen LogP) is 3.96. The number of rotatable bonds is 6. The lowest BCUT2D eigenvalue weighted by molar-refractivity contribution is -0.387. The maximum Gasteiger partial charge on any atom is 0.343 e. The van der Waals surface area contributed by atoms with Crippen LogP contribution in [0.3, 0.4) is 0 Å². The smallest absolute Gasteiger partial charge is 0.321 e. The van der Waals surface area contributed by atoms with Crippen molar-refractivity contribution in [2.45, 2.75) is 25.3 Å². The van der Waals surface area contributed by atoms with Gasteiger partial charge in [0.1, 0.15) is 5.82 Å². The van der Waals surface area contributed by atoms with Gasteiger partial charge in [0.25, 0.3) is 0 Å². The topological polar surface area (TPSA) is 72.2 Å². The number of nitrogens with zero attached hydrogens (tertiary/aromatic N) is 4. The lowest BCUT2D eigenvalue weighted by atomic mass is 10.2. The van der Waals surface area contributed by atoms with E-state index in [4.69, 9.17) is 0 Å². The van der Waals surface area contributed by atoms with Gasteiger partial charge in [0.15, 0.2) is 5.03 Å². The normalized spacial score (nSPS) is 10.5. The summed E-state index contributed by atoms with van der Waals surface area (Å²) in [5.74, 6) is 0.886. The summed E-state index contributed by atoms with van der Waals surface area (Å²) in [6.07, 6.45) is 2.63. The minimum absolute atomic E-state index is 0.0320. The van der Waals surface area contributed by atoms with Crippen molar-refractivity contribution < 1.29 is 4.92 Å². The van der Waals surface area contributed by atoms with Crippen molar-refractivity contribution in [3.63, 3.8) is 0 Å². The Morgan fingerprint density at radius 1 is 1.27 bits per heavy atom. The molecule has 6 nitrogen and oxygen atoms in total.